The highest BCUT2D eigenvalue weighted by Crippen LogP contribution is 2.29. The zero-order chi connectivity index (χ0) is 18.7. The monoisotopic (exact) mass is 380 g/mol. The lowest BCUT2D eigenvalue weighted by atomic mass is 10.1. The highest BCUT2D eigenvalue weighted by molar-refractivity contribution is 7.80. The summed E-state index contributed by atoms with van der Waals surface area (Å²) in [4.78, 5) is 28.2. The first-order chi connectivity index (χ1) is 12.4. The molecule has 0 spiro atoms. The standard InChI is InChI=1S/C17H23N3O5S/c1-12-10-19(17(22)25-11-13-2-3-13)8-9-20(12)16(21)14-4-6-15(7-5-14)18-26(23)24/h4-7,12-13,18H,2-3,8-11H2,1H3,(H,23,24)/p-1/t12-/m0/s1. The Kier molecular flexibility index (Phi) is 5.77. The maximum atomic E-state index is 12.7. The first kappa shape index (κ1) is 18.7. The zero-order valence-electron chi connectivity index (χ0n) is 14.6. The van der Waals surface area contributed by atoms with E-state index in [0.717, 1.165) is 12.8 Å². The van der Waals surface area contributed by atoms with E-state index in [-0.39, 0.29) is 18.0 Å². The largest absolute Gasteiger partial charge is 0.755 e. The van der Waals surface area contributed by atoms with Crippen LogP contribution in [0.4, 0.5) is 10.5 Å². The molecular weight excluding hydrogens is 358 g/mol. The average molecular weight is 380 g/mol. The number of hydrogen-bond donors (Lipinski definition) is 1. The van der Waals surface area contributed by atoms with Crippen LogP contribution < -0.4 is 4.72 Å². The summed E-state index contributed by atoms with van der Waals surface area (Å²) in [6.07, 6.45) is 1.95. The third kappa shape index (κ3) is 4.73. The summed E-state index contributed by atoms with van der Waals surface area (Å²) in [5, 5.41) is 0. The number of carbonyl (C=O) groups excluding carboxylic acids is 2. The van der Waals surface area contributed by atoms with Crippen LogP contribution in [0.25, 0.3) is 0 Å². The number of nitrogens with zero attached hydrogens (tertiary/aromatic N) is 2. The number of hydrogen-bond acceptors (Lipinski definition) is 5. The van der Waals surface area contributed by atoms with Crippen molar-refractivity contribution in [3.8, 4) is 0 Å². The predicted octanol–water partition coefficient (Wildman–Crippen LogP) is 1.59. The minimum atomic E-state index is -2.40. The van der Waals surface area contributed by atoms with Crippen molar-refractivity contribution >= 4 is 29.0 Å². The van der Waals surface area contributed by atoms with Crippen molar-refractivity contribution in [2.75, 3.05) is 31.0 Å². The molecule has 0 bridgehead atoms. The molecule has 1 N–H and O–H groups in total. The second-order valence-electron chi connectivity index (χ2n) is 6.73. The van der Waals surface area contributed by atoms with Gasteiger partial charge in [-0.3, -0.25) is 9.00 Å². The van der Waals surface area contributed by atoms with Gasteiger partial charge in [0.15, 0.2) is 0 Å². The van der Waals surface area contributed by atoms with E-state index in [1.807, 2.05) is 6.92 Å². The fourth-order valence-electron chi connectivity index (χ4n) is 2.93. The summed E-state index contributed by atoms with van der Waals surface area (Å²) in [6, 6.07) is 6.12. The second-order valence-corrected chi connectivity index (χ2v) is 7.40. The molecule has 1 saturated heterocycles. The third-order valence-electron chi connectivity index (χ3n) is 4.62. The van der Waals surface area contributed by atoms with E-state index >= 15 is 0 Å². The Morgan fingerprint density at radius 2 is 1.96 bits per heavy atom. The van der Waals surface area contributed by atoms with Gasteiger partial charge in [0, 0.05) is 48.2 Å². The first-order valence-electron chi connectivity index (χ1n) is 8.62. The van der Waals surface area contributed by atoms with Gasteiger partial charge in [-0.1, -0.05) is 0 Å². The van der Waals surface area contributed by atoms with Gasteiger partial charge in [0.05, 0.1) is 6.61 Å². The van der Waals surface area contributed by atoms with E-state index in [1.54, 1.807) is 34.1 Å². The van der Waals surface area contributed by atoms with Gasteiger partial charge in [-0.2, -0.15) is 0 Å². The van der Waals surface area contributed by atoms with E-state index in [4.69, 9.17) is 4.74 Å². The van der Waals surface area contributed by atoms with Gasteiger partial charge in [0.25, 0.3) is 5.91 Å². The van der Waals surface area contributed by atoms with Crippen LogP contribution in [0.15, 0.2) is 24.3 Å². The number of anilines is 1. The maximum absolute atomic E-state index is 12.7. The highest BCUT2D eigenvalue weighted by atomic mass is 32.2. The van der Waals surface area contributed by atoms with Crippen molar-refractivity contribution in [2.45, 2.75) is 25.8 Å². The second kappa shape index (κ2) is 8.05. The molecule has 1 heterocycles. The fraction of sp³-hybridized carbons (Fsp3) is 0.529. The van der Waals surface area contributed by atoms with E-state index in [9.17, 15) is 18.4 Å². The molecule has 2 fully saturated rings. The number of rotatable bonds is 5. The molecular formula is C17H22N3O5S-. The van der Waals surface area contributed by atoms with Crippen molar-refractivity contribution < 1.29 is 23.1 Å². The maximum Gasteiger partial charge on any atom is 0.409 e. The molecule has 0 radical (unpaired) electrons. The normalized spacial score (nSPS) is 21.2. The average Bonchev–Trinajstić information content (AvgIpc) is 3.43. The fourth-order valence-corrected chi connectivity index (χ4v) is 3.26. The van der Waals surface area contributed by atoms with Gasteiger partial charge in [0.2, 0.25) is 0 Å². The number of nitrogens with one attached hydrogen (secondary N) is 1. The molecule has 1 aromatic rings. The van der Waals surface area contributed by atoms with Gasteiger partial charge in [-0.25, -0.2) is 4.79 Å². The Bertz CT molecular complexity index is 692. The van der Waals surface area contributed by atoms with Gasteiger partial charge in [-0.15, -0.1) is 0 Å². The number of ether oxygens (including phenoxy) is 1. The van der Waals surface area contributed by atoms with Crippen LogP contribution in [0, 0.1) is 5.92 Å². The first-order valence-corrected chi connectivity index (χ1v) is 9.70. The molecule has 0 aromatic heterocycles. The van der Waals surface area contributed by atoms with Crippen molar-refractivity contribution in [3.63, 3.8) is 0 Å². The smallest absolute Gasteiger partial charge is 0.409 e. The van der Waals surface area contributed by atoms with Crippen molar-refractivity contribution in [1.82, 2.24) is 9.80 Å². The molecule has 8 nitrogen and oxygen atoms in total. The lowest BCUT2D eigenvalue weighted by molar-refractivity contribution is 0.0404. The quantitative estimate of drug-likeness (QED) is 0.782. The van der Waals surface area contributed by atoms with Crippen LogP contribution >= 0.6 is 0 Å². The summed E-state index contributed by atoms with van der Waals surface area (Å²) >= 11 is -2.40. The molecule has 1 aromatic carbocycles. The minimum absolute atomic E-state index is 0.128. The van der Waals surface area contributed by atoms with Crippen LogP contribution in [0.5, 0.6) is 0 Å². The van der Waals surface area contributed by atoms with Gasteiger partial charge >= 0.3 is 6.09 Å². The third-order valence-corrected chi connectivity index (χ3v) is 5.02. The Morgan fingerprint density at radius 3 is 2.54 bits per heavy atom. The van der Waals surface area contributed by atoms with E-state index in [2.05, 4.69) is 4.72 Å². The minimum Gasteiger partial charge on any atom is -0.755 e. The molecule has 3 rings (SSSR count). The SMILES string of the molecule is C[C@H]1CN(C(=O)OCC2CC2)CCN1C(=O)c1ccc(NS(=O)[O-])cc1. The van der Waals surface area contributed by atoms with Gasteiger partial charge in [0.1, 0.15) is 0 Å². The van der Waals surface area contributed by atoms with Crippen LogP contribution in [0.2, 0.25) is 0 Å². The highest BCUT2D eigenvalue weighted by Gasteiger charge is 2.32. The van der Waals surface area contributed by atoms with Gasteiger partial charge in [-0.05, 0) is 49.9 Å². The Balaban J connectivity index is 1.55. The van der Waals surface area contributed by atoms with Crippen molar-refractivity contribution in [3.05, 3.63) is 29.8 Å². The van der Waals surface area contributed by atoms with Crippen molar-refractivity contribution in [2.24, 2.45) is 5.92 Å². The van der Waals surface area contributed by atoms with Gasteiger partial charge < -0.3 is 23.8 Å². The number of piperazine rings is 1. The predicted molar refractivity (Wildman–Crippen MR) is 95.1 cm³/mol. The van der Waals surface area contributed by atoms with Crippen molar-refractivity contribution in [1.29, 1.82) is 0 Å². The number of carbonyl (C=O) groups is 2. The van der Waals surface area contributed by atoms with Crippen LogP contribution in [-0.2, 0) is 16.0 Å². The Hall–Kier alpha value is -2.13. The molecule has 1 unspecified atom stereocenters. The van der Waals surface area contributed by atoms with Crippen LogP contribution in [-0.4, -0.2) is 62.8 Å². The summed E-state index contributed by atoms with van der Waals surface area (Å²) < 4.78 is 28.8. The lowest BCUT2D eigenvalue weighted by Crippen LogP contribution is -2.55. The van der Waals surface area contributed by atoms with Crippen LogP contribution in [0.1, 0.15) is 30.1 Å². The molecule has 1 saturated carbocycles. The molecule has 1 aliphatic heterocycles. The number of benzene rings is 1. The van der Waals surface area contributed by atoms with E-state index in [0.29, 0.717) is 43.4 Å². The molecule has 2 amide bonds. The topological polar surface area (TPSA) is 102 Å². The Labute approximate surface area is 154 Å². The summed E-state index contributed by atoms with van der Waals surface area (Å²) in [7, 11) is 0. The summed E-state index contributed by atoms with van der Waals surface area (Å²) in [6.45, 7) is 3.69. The Morgan fingerprint density at radius 1 is 1.27 bits per heavy atom. The molecule has 26 heavy (non-hydrogen) atoms. The van der Waals surface area contributed by atoms with E-state index < -0.39 is 11.3 Å². The molecule has 2 atom stereocenters. The molecule has 142 valence electrons. The molecule has 1 aliphatic carbocycles. The molecule has 2 aliphatic rings. The number of amides is 2. The zero-order valence-corrected chi connectivity index (χ0v) is 15.4. The molecule has 9 heteroatoms. The summed E-state index contributed by atoms with van der Waals surface area (Å²) in [5.74, 6) is 0.383. The summed E-state index contributed by atoms with van der Waals surface area (Å²) in [5.41, 5.74) is 0.870. The lowest BCUT2D eigenvalue weighted by Gasteiger charge is -2.39. The van der Waals surface area contributed by atoms with Crippen LogP contribution in [0.3, 0.4) is 0 Å². The van der Waals surface area contributed by atoms with E-state index in [1.165, 1.54) is 0 Å².